The third kappa shape index (κ3) is 3.08. The first-order chi connectivity index (χ1) is 6.31. The first kappa shape index (κ1) is 14.7. The smallest absolute Gasteiger partial charge is 0.180 e. The molecule has 0 saturated carbocycles. The molecule has 84 valence electrons. The highest BCUT2D eigenvalue weighted by Gasteiger charge is 2.10. The molecule has 0 spiro atoms. The molecular weight excluding hydrogens is 271 g/mol. The Morgan fingerprint density at radius 2 is 2.13 bits per heavy atom. The van der Waals surface area contributed by atoms with Crippen LogP contribution in [0.5, 0.6) is 0 Å². The van der Waals surface area contributed by atoms with E-state index in [2.05, 4.69) is 23.4 Å². The Balaban J connectivity index is 0.000000980. The topological polar surface area (TPSA) is 38.9 Å². The Morgan fingerprint density at radius 3 is 2.67 bits per heavy atom. The van der Waals surface area contributed by atoms with Crippen LogP contribution in [0.2, 0.25) is 0 Å². The fourth-order valence-corrected chi connectivity index (χ4v) is 2.81. The van der Waals surface area contributed by atoms with Gasteiger partial charge < -0.3 is 5.73 Å². The number of thiazole rings is 1. The van der Waals surface area contributed by atoms with Crippen LogP contribution < -0.4 is 5.73 Å². The molecule has 0 bridgehead atoms. The zero-order chi connectivity index (χ0) is 9.26. The van der Waals surface area contributed by atoms with E-state index in [-0.39, 0.29) is 24.8 Å². The summed E-state index contributed by atoms with van der Waals surface area (Å²) in [6.07, 6.45) is 1.00. The summed E-state index contributed by atoms with van der Waals surface area (Å²) >= 11 is 3.29. The lowest BCUT2D eigenvalue weighted by Gasteiger charge is -1.93. The number of aromatic nitrogens is 1. The Hall–Kier alpha value is -0.290. The van der Waals surface area contributed by atoms with Crippen LogP contribution >= 0.6 is 47.5 Å². The molecule has 15 heavy (non-hydrogen) atoms. The molecule has 6 heteroatoms. The predicted octanol–water partition coefficient (Wildman–Crippen LogP) is 3.86. The molecule has 0 aliphatic heterocycles. The van der Waals surface area contributed by atoms with E-state index in [0.29, 0.717) is 5.13 Å². The normalized spacial score (nSPS) is 9.13. The van der Waals surface area contributed by atoms with Gasteiger partial charge in [0, 0.05) is 4.88 Å². The number of nitrogens with zero attached hydrogens (tertiary/aromatic N) is 1. The molecule has 0 amide bonds. The van der Waals surface area contributed by atoms with Gasteiger partial charge in [-0.3, -0.25) is 0 Å². The van der Waals surface area contributed by atoms with Gasteiger partial charge in [0.15, 0.2) is 5.13 Å². The molecule has 0 fully saturated rings. The Bertz CT molecular complexity index is 398. The van der Waals surface area contributed by atoms with Gasteiger partial charge in [-0.05, 0) is 17.9 Å². The molecule has 2 aromatic rings. The molecule has 2 aromatic heterocycles. The zero-order valence-corrected chi connectivity index (χ0v) is 11.4. The summed E-state index contributed by atoms with van der Waals surface area (Å²) in [5.41, 5.74) is 6.74. The van der Waals surface area contributed by atoms with E-state index in [0.717, 1.165) is 12.1 Å². The number of thiophene rings is 1. The van der Waals surface area contributed by atoms with Crippen LogP contribution in [0.15, 0.2) is 17.5 Å². The summed E-state index contributed by atoms with van der Waals surface area (Å²) in [5, 5.41) is 2.73. The van der Waals surface area contributed by atoms with Crippen molar-refractivity contribution in [2.45, 2.75) is 13.3 Å². The maximum absolute atomic E-state index is 5.67. The number of hydrogen-bond acceptors (Lipinski definition) is 4. The monoisotopic (exact) mass is 282 g/mol. The van der Waals surface area contributed by atoms with Crippen LogP contribution in [0.4, 0.5) is 5.13 Å². The number of nitrogen functional groups attached to an aromatic ring is 1. The van der Waals surface area contributed by atoms with Crippen LogP contribution in [0.25, 0.3) is 10.6 Å². The van der Waals surface area contributed by atoms with E-state index in [1.54, 1.807) is 22.7 Å². The van der Waals surface area contributed by atoms with Gasteiger partial charge in [-0.1, -0.05) is 13.0 Å². The molecular formula is C9H12Cl2N2S2. The van der Waals surface area contributed by atoms with Crippen molar-refractivity contribution in [2.75, 3.05) is 5.73 Å². The van der Waals surface area contributed by atoms with E-state index in [9.17, 15) is 0 Å². The van der Waals surface area contributed by atoms with Crippen molar-refractivity contribution < 1.29 is 0 Å². The third-order valence-electron chi connectivity index (χ3n) is 1.79. The predicted molar refractivity (Wildman–Crippen MR) is 73.7 cm³/mol. The molecule has 0 aliphatic carbocycles. The van der Waals surface area contributed by atoms with Gasteiger partial charge in [0.05, 0.1) is 10.6 Å². The van der Waals surface area contributed by atoms with E-state index in [4.69, 9.17) is 5.73 Å². The van der Waals surface area contributed by atoms with Crippen molar-refractivity contribution in [3.8, 4) is 10.6 Å². The maximum atomic E-state index is 5.67. The summed E-state index contributed by atoms with van der Waals surface area (Å²) in [6.45, 7) is 2.13. The van der Waals surface area contributed by atoms with Gasteiger partial charge in [-0.25, -0.2) is 4.98 Å². The minimum absolute atomic E-state index is 0. The molecule has 0 atom stereocenters. The molecule has 2 N–H and O–H groups in total. The van der Waals surface area contributed by atoms with Crippen LogP contribution in [0.3, 0.4) is 0 Å². The summed E-state index contributed by atoms with van der Waals surface area (Å²) < 4.78 is 0. The van der Waals surface area contributed by atoms with Crippen molar-refractivity contribution in [1.29, 1.82) is 0 Å². The van der Waals surface area contributed by atoms with E-state index < -0.39 is 0 Å². The van der Waals surface area contributed by atoms with Gasteiger partial charge >= 0.3 is 0 Å². The number of aryl methyl sites for hydroxylation is 1. The quantitative estimate of drug-likeness (QED) is 0.909. The van der Waals surface area contributed by atoms with Crippen LogP contribution in [0, 0.1) is 0 Å². The molecule has 0 radical (unpaired) electrons. The largest absolute Gasteiger partial charge is 0.375 e. The Morgan fingerprint density at radius 1 is 1.40 bits per heavy atom. The van der Waals surface area contributed by atoms with Gasteiger partial charge in [-0.15, -0.1) is 47.5 Å². The number of hydrogen-bond donors (Lipinski definition) is 1. The molecule has 2 rings (SSSR count). The zero-order valence-electron chi connectivity index (χ0n) is 8.10. The maximum Gasteiger partial charge on any atom is 0.180 e. The minimum atomic E-state index is 0. The highest BCUT2D eigenvalue weighted by molar-refractivity contribution is 7.17. The number of rotatable bonds is 2. The minimum Gasteiger partial charge on any atom is -0.375 e. The first-order valence-electron chi connectivity index (χ1n) is 4.10. The van der Waals surface area contributed by atoms with Gasteiger partial charge in [0.2, 0.25) is 0 Å². The Kier molecular flexibility index (Phi) is 6.20. The molecule has 2 heterocycles. The SMILES string of the molecule is CCc1sc(N)nc1-c1cccs1.Cl.Cl. The lowest BCUT2D eigenvalue weighted by Crippen LogP contribution is -1.82. The summed E-state index contributed by atoms with van der Waals surface area (Å²) in [7, 11) is 0. The van der Waals surface area contributed by atoms with Crippen molar-refractivity contribution >= 4 is 52.6 Å². The lowest BCUT2D eigenvalue weighted by atomic mass is 10.3. The molecule has 0 aliphatic rings. The first-order valence-corrected chi connectivity index (χ1v) is 5.80. The third-order valence-corrected chi connectivity index (χ3v) is 3.70. The van der Waals surface area contributed by atoms with Crippen LogP contribution in [-0.2, 0) is 6.42 Å². The number of halogens is 2. The van der Waals surface area contributed by atoms with E-state index in [1.807, 2.05) is 6.07 Å². The van der Waals surface area contributed by atoms with Crippen molar-refractivity contribution in [3.63, 3.8) is 0 Å². The van der Waals surface area contributed by atoms with Crippen molar-refractivity contribution in [1.82, 2.24) is 4.98 Å². The average molecular weight is 283 g/mol. The van der Waals surface area contributed by atoms with Crippen LogP contribution in [0.1, 0.15) is 11.8 Å². The van der Waals surface area contributed by atoms with Gasteiger partial charge in [-0.2, -0.15) is 0 Å². The fourth-order valence-electron chi connectivity index (χ4n) is 1.22. The summed E-state index contributed by atoms with van der Waals surface area (Å²) in [5.74, 6) is 0. The van der Waals surface area contributed by atoms with Gasteiger partial charge in [0.25, 0.3) is 0 Å². The number of nitrogens with two attached hydrogens (primary N) is 1. The van der Waals surface area contributed by atoms with E-state index in [1.165, 1.54) is 9.75 Å². The lowest BCUT2D eigenvalue weighted by molar-refractivity contribution is 1.17. The molecule has 0 unspecified atom stereocenters. The van der Waals surface area contributed by atoms with Crippen LogP contribution in [-0.4, -0.2) is 4.98 Å². The highest BCUT2D eigenvalue weighted by atomic mass is 35.5. The summed E-state index contributed by atoms with van der Waals surface area (Å²) in [4.78, 5) is 6.82. The number of anilines is 1. The van der Waals surface area contributed by atoms with Crippen molar-refractivity contribution in [3.05, 3.63) is 22.4 Å². The average Bonchev–Trinajstić information content (AvgIpc) is 2.71. The second kappa shape index (κ2) is 6.33. The standard InChI is InChI=1S/C9H10N2S2.2ClH/c1-2-6-8(11-9(10)13-6)7-4-3-5-12-7;;/h3-5H,2H2,1H3,(H2,10,11);2*1H. The molecule has 0 aromatic carbocycles. The summed E-state index contributed by atoms with van der Waals surface area (Å²) in [6, 6.07) is 4.12. The molecule has 2 nitrogen and oxygen atoms in total. The second-order valence-corrected chi connectivity index (χ2v) is 4.72. The van der Waals surface area contributed by atoms with E-state index >= 15 is 0 Å². The second-order valence-electron chi connectivity index (χ2n) is 2.65. The molecule has 0 saturated heterocycles. The Labute approximate surface area is 109 Å². The highest BCUT2D eigenvalue weighted by Crippen LogP contribution is 2.32. The fraction of sp³-hybridized carbons (Fsp3) is 0.222. The van der Waals surface area contributed by atoms with Gasteiger partial charge in [0.1, 0.15) is 0 Å². The van der Waals surface area contributed by atoms with Crippen molar-refractivity contribution in [2.24, 2.45) is 0 Å².